The van der Waals surface area contributed by atoms with Crippen LogP contribution in [0.5, 0.6) is 0 Å². The third kappa shape index (κ3) is 4.07. The molecule has 33 heavy (non-hydrogen) atoms. The first-order valence-electron chi connectivity index (χ1n) is 10.8. The van der Waals surface area contributed by atoms with Crippen molar-refractivity contribution in [1.82, 2.24) is 0 Å². The van der Waals surface area contributed by atoms with E-state index in [2.05, 4.69) is 10.6 Å². The van der Waals surface area contributed by atoms with E-state index in [-0.39, 0.29) is 34.2 Å². The summed E-state index contributed by atoms with van der Waals surface area (Å²) in [5.74, 6) is -1.19. The van der Waals surface area contributed by atoms with Crippen LogP contribution >= 0.6 is 0 Å². The molecule has 3 aromatic carbocycles. The summed E-state index contributed by atoms with van der Waals surface area (Å²) < 4.78 is 0. The van der Waals surface area contributed by atoms with Crippen LogP contribution in [0.2, 0.25) is 0 Å². The maximum Gasteiger partial charge on any atom is 0.256 e. The highest BCUT2D eigenvalue weighted by Gasteiger charge is 2.32. The molecule has 0 heterocycles. The number of rotatable bonds is 5. The molecule has 0 bridgehead atoms. The largest absolute Gasteiger partial charge is 0.326 e. The molecule has 0 fully saturated rings. The van der Waals surface area contributed by atoms with Gasteiger partial charge in [0, 0.05) is 39.0 Å². The Bertz CT molecular complexity index is 1290. The van der Waals surface area contributed by atoms with E-state index in [1.807, 2.05) is 20.8 Å². The molecule has 2 amide bonds. The first-order valence-corrected chi connectivity index (χ1v) is 10.8. The first-order chi connectivity index (χ1) is 15.7. The predicted octanol–water partition coefficient (Wildman–Crippen LogP) is 5.09. The topological polar surface area (TPSA) is 92.3 Å². The molecule has 6 heteroatoms. The third-order valence-corrected chi connectivity index (χ3v) is 6.10. The Labute approximate surface area is 192 Å². The summed E-state index contributed by atoms with van der Waals surface area (Å²) in [7, 11) is 0. The lowest BCUT2D eigenvalue weighted by Crippen LogP contribution is -2.29. The number of ketones is 2. The molecule has 3 aromatic rings. The lowest BCUT2D eigenvalue weighted by molar-refractivity contribution is -0.124. The van der Waals surface area contributed by atoms with Gasteiger partial charge < -0.3 is 10.6 Å². The Morgan fingerprint density at radius 1 is 0.727 bits per heavy atom. The van der Waals surface area contributed by atoms with Crippen LogP contribution in [0.15, 0.2) is 66.7 Å². The monoisotopic (exact) mass is 440 g/mol. The van der Waals surface area contributed by atoms with Crippen molar-refractivity contribution in [2.24, 2.45) is 5.41 Å². The van der Waals surface area contributed by atoms with Crippen molar-refractivity contribution in [1.29, 1.82) is 0 Å². The van der Waals surface area contributed by atoms with Crippen LogP contribution in [-0.2, 0) is 4.79 Å². The maximum absolute atomic E-state index is 13.1. The van der Waals surface area contributed by atoms with Crippen LogP contribution in [0, 0.1) is 5.41 Å². The van der Waals surface area contributed by atoms with Crippen molar-refractivity contribution in [3.05, 3.63) is 94.5 Å². The van der Waals surface area contributed by atoms with Gasteiger partial charge in [-0.25, -0.2) is 0 Å². The molecule has 1 aliphatic rings. The molecule has 0 unspecified atom stereocenters. The third-order valence-electron chi connectivity index (χ3n) is 6.10. The van der Waals surface area contributed by atoms with E-state index in [4.69, 9.17) is 0 Å². The van der Waals surface area contributed by atoms with Gasteiger partial charge in [-0.05, 0) is 36.8 Å². The van der Waals surface area contributed by atoms with E-state index in [1.165, 1.54) is 6.07 Å². The van der Waals surface area contributed by atoms with Crippen LogP contribution in [-0.4, -0.2) is 23.4 Å². The Balaban J connectivity index is 1.57. The molecule has 6 nitrogen and oxygen atoms in total. The predicted molar refractivity (Wildman–Crippen MR) is 127 cm³/mol. The minimum Gasteiger partial charge on any atom is -0.326 e. The van der Waals surface area contributed by atoms with Crippen LogP contribution < -0.4 is 10.6 Å². The average molecular weight is 440 g/mol. The molecule has 4 rings (SSSR count). The number of hydrogen-bond donors (Lipinski definition) is 2. The summed E-state index contributed by atoms with van der Waals surface area (Å²) in [6.07, 6.45) is 0.708. The Hall–Kier alpha value is -4.06. The molecule has 0 atom stereocenters. The van der Waals surface area contributed by atoms with Crippen LogP contribution in [0.4, 0.5) is 11.4 Å². The summed E-state index contributed by atoms with van der Waals surface area (Å²) in [5, 5.41) is 5.65. The van der Waals surface area contributed by atoms with Gasteiger partial charge in [0.05, 0.1) is 5.56 Å². The minimum atomic E-state index is -0.490. The van der Waals surface area contributed by atoms with E-state index >= 15 is 0 Å². The fourth-order valence-electron chi connectivity index (χ4n) is 3.63. The number of amides is 2. The highest BCUT2D eigenvalue weighted by molar-refractivity contribution is 6.31. The molecule has 0 aromatic heterocycles. The van der Waals surface area contributed by atoms with Gasteiger partial charge in [0.15, 0.2) is 11.6 Å². The van der Waals surface area contributed by atoms with Crippen LogP contribution in [0.25, 0.3) is 0 Å². The molecule has 0 saturated carbocycles. The number of benzene rings is 3. The maximum atomic E-state index is 13.1. The van der Waals surface area contributed by atoms with E-state index in [1.54, 1.807) is 60.7 Å². The standard InChI is InChI=1S/C27H24N2O4/c1-4-27(2,3)26(33)29-17-14-12-16(13-15-17)28-25(32)21-11-7-10-20-22(21)24(31)19-9-6-5-8-18(19)23(20)30/h5-15H,4H2,1-3H3,(H,28,32)(H,29,33). The van der Waals surface area contributed by atoms with Gasteiger partial charge in [-0.3, -0.25) is 19.2 Å². The van der Waals surface area contributed by atoms with Gasteiger partial charge in [0.2, 0.25) is 5.91 Å². The van der Waals surface area contributed by atoms with Gasteiger partial charge in [-0.1, -0.05) is 57.2 Å². The molecule has 166 valence electrons. The Morgan fingerprint density at radius 3 is 1.88 bits per heavy atom. The highest BCUT2D eigenvalue weighted by Crippen LogP contribution is 2.30. The molecule has 0 saturated heterocycles. The summed E-state index contributed by atoms with van der Waals surface area (Å²) in [6, 6.07) is 18.1. The van der Waals surface area contributed by atoms with Crippen LogP contribution in [0.1, 0.15) is 69.4 Å². The zero-order valence-electron chi connectivity index (χ0n) is 18.7. The van der Waals surface area contributed by atoms with E-state index in [9.17, 15) is 19.2 Å². The van der Waals surface area contributed by atoms with Crippen molar-refractivity contribution in [2.45, 2.75) is 27.2 Å². The SMILES string of the molecule is CCC(C)(C)C(=O)Nc1ccc(NC(=O)c2cccc3c2C(=O)c2ccccc2C3=O)cc1. The van der Waals surface area contributed by atoms with Crippen molar-refractivity contribution >= 4 is 34.8 Å². The second-order valence-corrected chi connectivity index (χ2v) is 8.66. The minimum absolute atomic E-state index is 0.0823. The summed E-state index contributed by atoms with van der Waals surface area (Å²) in [4.78, 5) is 51.4. The van der Waals surface area contributed by atoms with Crippen LogP contribution in [0.3, 0.4) is 0 Å². The highest BCUT2D eigenvalue weighted by atomic mass is 16.2. The fourth-order valence-corrected chi connectivity index (χ4v) is 3.63. The molecule has 1 aliphatic carbocycles. The van der Waals surface area contributed by atoms with E-state index in [0.29, 0.717) is 28.9 Å². The summed E-state index contributed by atoms with van der Waals surface area (Å²) in [5.41, 5.74) is 1.76. The van der Waals surface area contributed by atoms with Gasteiger partial charge in [0.25, 0.3) is 5.91 Å². The van der Waals surface area contributed by atoms with Crippen molar-refractivity contribution in [2.75, 3.05) is 10.6 Å². The smallest absolute Gasteiger partial charge is 0.256 e. The molecular weight excluding hydrogens is 416 g/mol. The average Bonchev–Trinajstić information content (AvgIpc) is 2.83. The van der Waals surface area contributed by atoms with Crippen molar-refractivity contribution in [3.8, 4) is 0 Å². The second kappa shape index (κ2) is 8.47. The van der Waals surface area contributed by atoms with Crippen molar-refractivity contribution in [3.63, 3.8) is 0 Å². The normalized spacial score (nSPS) is 12.6. The zero-order valence-corrected chi connectivity index (χ0v) is 18.7. The molecule has 0 radical (unpaired) electrons. The van der Waals surface area contributed by atoms with E-state index < -0.39 is 11.3 Å². The quantitative estimate of drug-likeness (QED) is 0.452. The Morgan fingerprint density at radius 2 is 1.27 bits per heavy atom. The summed E-state index contributed by atoms with van der Waals surface area (Å²) >= 11 is 0. The molecule has 0 aliphatic heterocycles. The number of anilines is 2. The number of fused-ring (bicyclic) bond motifs is 2. The molecular formula is C27H24N2O4. The van der Waals surface area contributed by atoms with Gasteiger partial charge in [-0.15, -0.1) is 0 Å². The van der Waals surface area contributed by atoms with Gasteiger partial charge in [-0.2, -0.15) is 0 Å². The second-order valence-electron chi connectivity index (χ2n) is 8.66. The number of nitrogens with one attached hydrogen (secondary N) is 2. The molecule has 2 N–H and O–H groups in total. The van der Waals surface area contributed by atoms with Gasteiger partial charge >= 0.3 is 0 Å². The number of carbonyl (C=O) groups excluding carboxylic acids is 4. The van der Waals surface area contributed by atoms with Crippen molar-refractivity contribution < 1.29 is 19.2 Å². The first kappa shape index (κ1) is 22.1. The summed E-state index contributed by atoms with van der Waals surface area (Å²) in [6.45, 7) is 5.71. The lowest BCUT2D eigenvalue weighted by Gasteiger charge is -2.21. The lowest BCUT2D eigenvalue weighted by atomic mass is 9.81. The molecule has 0 spiro atoms. The Kier molecular flexibility index (Phi) is 5.68. The zero-order chi connectivity index (χ0) is 23.8. The number of hydrogen-bond acceptors (Lipinski definition) is 4. The van der Waals surface area contributed by atoms with Gasteiger partial charge in [0.1, 0.15) is 0 Å². The van der Waals surface area contributed by atoms with E-state index in [0.717, 1.165) is 0 Å². The fraction of sp³-hybridized carbons (Fsp3) is 0.185. The number of carbonyl (C=O) groups is 4.